The van der Waals surface area contributed by atoms with Crippen molar-refractivity contribution in [2.24, 2.45) is 0 Å². The molecular weight excluding hydrogens is 465 g/mol. The normalized spacial score (nSPS) is 15.4. The molecule has 24 heavy (non-hydrogen) atoms. The molecule has 9 heteroatoms. The second kappa shape index (κ2) is 8.67. The van der Waals surface area contributed by atoms with Crippen LogP contribution in [-0.2, 0) is 14.3 Å². The summed E-state index contributed by atoms with van der Waals surface area (Å²) in [6.07, 6.45) is 1.72. The number of carbonyl (C=O) groups excluding carboxylic acids is 2. The molecule has 0 spiro atoms. The van der Waals surface area contributed by atoms with E-state index < -0.39 is 5.97 Å². The fraction of sp³-hybridized carbons (Fsp3) is 0.267. The van der Waals surface area contributed by atoms with E-state index >= 15 is 0 Å². The number of hydrogen-bond acceptors (Lipinski definition) is 7. The third-order valence-corrected chi connectivity index (χ3v) is 4.80. The fourth-order valence-corrected chi connectivity index (χ4v) is 3.69. The van der Waals surface area contributed by atoms with Crippen molar-refractivity contribution < 1.29 is 23.8 Å². The molecule has 1 N–H and O–H groups in total. The first kappa shape index (κ1) is 19.0. The van der Waals surface area contributed by atoms with Crippen LogP contribution in [0, 0.1) is 3.57 Å². The fourth-order valence-electron chi connectivity index (χ4n) is 1.87. The first-order valence-electron chi connectivity index (χ1n) is 6.85. The van der Waals surface area contributed by atoms with E-state index in [1.807, 2.05) is 6.07 Å². The Balaban J connectivity index is 2.24. The number of rotatable bonds is 6. The first-order valence-corrected chi connectivity index (χ1v) is 9.15. The number of thiocarbonyl (C=S) groups is 1. The third kappa shape index (κ3) is 4.84. The van der Waals surface area contributed by atoms with Crippen molar-refractivity contribution in [2.75, 3.05) is 20.3 Å². The van der Waals surface area contributed by atoms with Gasteiger partial charge >= 0.3 is 5.97 Å². The van der Waals surface area contributed by atoms with E-state index in [-0.39, 0.29) is 12.5 Å². The van der Waals surface area contributed by atoms with Crippen LogP contribution in [0.4, 0.5) is 0 Å². The smallest absolute Gasteiger partial charge is 0.344 e. The Morgan fingerprint density at radius 2 is 2.21 bits per heavy atom. The van der Waals surface area contributed by atoms with Gasteiger partial charge in [0.1, 0.15) is 4.32 Å². The van der Waals surface area contributed by atoms with E-state index in [9.17, 15) is 9.59 Å². The number of thioether (sulfide) groups is 1. The molecule has 0 aromatic heterocycles. The first-order chi connectivity index (χ1) is 11.4. The Morgan fingerprint density at radius 1 is 1.46 bits per heavy atom. The quantitative estimate of drug-likeness (QED) is 0.291. The largest absolute Gasteiger partial charge is 0.493 e. The number of carbonyl (C=O) groups is 2. The molecule has 0 bridgehead atoms. The zero-order chi connectivity index (χ0) is 17.7. The van der Waals surface area contributed by atoms with Gasteiger partial charge in [0.2, 0.25) is 0 Å². The second-order valence-corrected chi connectivity index (χ2v) is 7.36. The van der Waals surface area contributed by atoms with Gasteiger partial charge in [0.05, 0.1) is 22.2 Å². The number of esters is 1. The van der Waals surface area contributed by atoms with Gasteiger partial charge in [-0.05, 0) is 53.3 Å². The molecule has 1 aliphatic heterocycles. The van der Waals surface area contributed by atoms with Crippen molar-refractivity contribution in [1.29, 1.82) is 0 Å². The van der Waals surface area contributed by atoms with E-state index in [2.05, 4.69) is 27.9 Å². The van der Waals surface area contributed by atoms with Gasteiger partial charge in [0.15, 0.2) is 18.1 Å². The van der Waals surface area contributed by atoms with Gasteiger partial charge in [0.25, 0.3) is 5.91 Å². The minimum Gasteiger partial charge on any atom is -0.493 e. The molecule has 0 saturated carbocycles. The van der Waals surface area contributed by atoms with Crippen molar-refractivity contribution >= 4 is 68.8 Å². The van der Waals surface area contributed by atoms with Crippen LogP contribution in [0.2, 0.25) is 0 Å². The van der Waals surface area contributed by atoms with Crippen LogP contribution in [0.15, 0.2) is 17.0 Å². The van der Waals surface area contributed by atoms with Crippen LogP contribution in [-0.4, -0.2) is 36.5 Å². The number of methoxy groups -OCH3 is 1. The lowest BCUT2D eigenvalue weighted by molar-refractivity contribution is -0.145. The maximum Gasteiger partial charge on any atom is 0.344 e. The van der Waals surface area contributed by atoms with Gasteiger partial charge in [-0.1, -0.05) is 24.0 Å². The van der Waals surface area contributed by atoms with Crippen LogP contribution < -0.4 is 14.8 Å². The predicted molar refractivity (Wildman–Crippen MR) is 104 cm³/mol. The van der Waals surface area contributed by atoms with Crippen LogP contribution in [0.5, 0.6) is 11.5 Å². The standard InChI is InChI=1S/C15H14INO5S2/c1-3-21-12(18)7-22-13-9(16)4-8(5-10(13)20-2)6-11-14(19)17-15(23)24-11/h4-6H,3,7H2,1-2H3,(H,17,19,23)/b11-6-. The lowest BCUT2D eigenvalue weighted by atomic mass is 10.2. The Kier molecular flexibility index (Phi) is 6.87. The number of nitrogens with one attached hydrogen (secondary N) is 1. The molecule has 0 aliphatic carbocycles. The number of benzene rings is 1. The highest BCUT2D eigenvalue weighted by atomic mass is 127. The highest BCUT2D eigenvalue weighted by Gasteiger charge is 2.22. The van der Waals surface area contributed by atoms with Crippen LogP contribution in [0.1, 0.15) is 12.5 Å². The van der Waals surface area contributed by atoms with Crippen molar-refractivity contribution in [3.8, 4) is 11.5 Å². The molecule has 1 fully saturated rings. The van der Waals surface area contributed by atoms with Crippen molar-refractivity contribution in [3.63, 3.8) is 0 Å². The van der Waals surface area contributed by atoms with Crippen LogP contribution in [0.3, 0.4) is 0 Å². The minimum absolute atomic E-state index is 0.201. The van der Waals surface area contributed by atoms with E-state index in [4.69, 9.17) is 26.4 Å². The highest BCUT2D eigenvalue weighted by Crippen LogP contribution is 2.35. The Hall–Kier alpha value is -1.33. The molecule has 128 valence electrons. The summed E-state index contributed by atoms with van der Waals surface area (Å²) < 4.78 is 16.8. The summed E-state index contributed by atoms with van der Waals surface area (Å²) in [6, 6.07) is 3.55. The summed E-state index contributed by atoms with van der Waals surface area (Å²) in [5.74, 6) is 0.243. The molecule has 1 heterocycles. The zero-order valence-corrected chi connectivity index (χ0v) is 16.7. The van der Waals surface area contributed by atoms with Crippen molar-refractivity contribution in [3.05, 3.63) is 26.2 Å². The topological polar surface area (TPSA) is 73.9 Å². The maximum absolute atomic E-state index is 11.7. The van der Waals surface area contributed by atoms with E-state index in [1.165, 1.54) is 18.9 Å². The van der Waals surface area contributed by atoms with Gasteiger partial charge in [-0.3, -0.25) is 4.79 Å². The number of ether oxygens (including phenoxy) is 3. The molecule has 1 aromatic rings. The van der Waals surface area contributed by atoms with E-state index in [1.54, 1.807) is 19.1 Å². The Labute approximate surface area is 162 Å². The van der Waals surface area contributed by atoms with Crippen LogP contribution >= 0.6 is 46.6 Å². The van der Waals surface area contributed by atoms with Crippen molar-refractivity contribution in [2.45, 2.75) is 6.92 Å². The SMILES string of the molecule is CCOC(=O)COc1c(I)cc(/C=C2\SC(=S)NC2=O)cc1OC. The molecule has 1 aliphatic rings. The van der Waals surface area contributed by atoms with E-state index in [0.717, 1.165) is 9.13 Å². The Bertz CT molecular complexity index is 720. The van der Waals surface area contributed by atoms with Crippen molar-refractivity contribution in [1.82, 2.24) is 5.32 Å². The molecule has 1 amide bonds. The molecule has 6 nitrogen and oxygen atoms in total. The summed E-state index contributed by atoms with van der Waals surface area (Å²) in [7, 11) is 1.51. The average Bonchev–Trinajstić information content (AvgIpc) is 2.83. The lowest BCUT2D eigenvalue weighted by Gasteiger charge is -2.13. The summed E-state index contributed by atoms with van der Waals surface area (Å²) in [5, 5.41) is 2.56. The predicted octanol–water partition coefficient (Wildman–Crippen LogP) is 2.73. The van der Waals surface area contributed by atoms with Gasteiger partial charge in [-0.15, -0.1) is 0 Å². The summed E-state index contributed by atoms with van der Waals surface area (Å²) in [4.78, 5) is 23.7. The Morgan fingerprint density at radius 3 is 2.79 bits per heavy atom. The van der Waals surface area contributed by atoms with Gasteiger partial charge < -0.3 is 19.5 Å². The molecule has 0 atom stereocenters. The summed E-state index contributed by atoms with van der Waals surface area (Å²) >= 11 is 8.25. The summed E-state index contributed by atoms with van der Waals surface area (Å²) in [6.45, 7) is 1.82. The second-order valence-electron chi connectivity index (χ2n) is 4.48. The molecule has 2 rings (SSSR count). The number of hydrogen-bond donors (Lipinski definition) is 1. The molecule has 0 unspecified atom stereocenters. The van der Waals surface area contributed by atoms with Crippen LogP contribution in [0.25, 0.3) is 6.08 Å². The number of amides is 1. The van der Waals surface area contributed by atoms with Gasteiger partial charge in [-0.25, -0.2) is 4.79 Å². The van der Waals surface area contributed by atoms with Gasteiger partial charge in [0, 0.05) is 0 Å². The third-order valence-electron chi connectivity index (χ3n) is 2.83. The summed E-state index contributed by atoms with van der Waals surface area (Å²) in [5.41, 5.74) is 0.766. The molecule has 1 aromatic carbocycles. The minimum atomic E-state index is -0.450. The van der Waals surface area contributed by atoms with E-state index in [0.29, 0.717) is 27.3 Å². The molecular formula is C15H14INO5S2. The molecule has 1 saturated heterocycles. The average molecular weight is 479 g/mol. The van der Waals surface area contributed by atoms with Gasteiger partial charge in [-0.2, -0.15) is 0 Å². The highest BCUT2D eigenvalue weighted by molar-refractivity contribution is 14.1. The monoisotopic (exact) mass is 479 g/mol. The molecule has 0 radical (unpaired) electrons. The zero-order valence-electron chi connectivity index (χ0n) is 12.9. The maximum atomic E-state index is 11.7. The lowest BCUT2D eigenvalue weighted by Crippen LogP contribution is -2.17. The number of halogens is 1.